The second-order valence-corrected chi connectivity index (χ2v) is 6.73. The lowest BCUT2D eigenvalue weighted by molar-refractivity contribution is -0.147. The summed E-state index contributed by atoms with van der Waals surface area (Å²) in [6.45, 7) is 2.57. The maximum absolute atomic E-state index is 12.0. The van der Waals surface area contributed by atoms with Gasteiger partial charge in [0.25, 0.3) is 0 Å². The minimum Gasteiger partial charge on any atom is -0.480 e. The maximum atomic E-state index is 12.0. The van der Waals surface area contributed by atoms with Gasteiger partial charge >= 0.3 is 11.9 Å². The van der Waals surface area contributed by atoms with E-state index in [0.29, 0.717) is 18.1 Å². The van der Waals surface area contributed by atoms with E-state index in [9.17, 15) is 14.7 Å². The van der Waals surface area contributed by atoms with Crippen molar-refractivity contribution in [2.45, 2.75) is 24.1 Å². The van der Waals surface area contributed by atoms with E-state index in [1.165, 1.54) is 11.8 Å². The number of carbonyl (C=O) groups is 2. The average Bonchev–Trinajstić information content (AvgIpc) is 2.85. The first-order valence-corrected chi connectivity index (χ1v) is 7.79. The van der Waals surface area contributed by atoms with E-state index in [2.05, 4.69) is 9.98 Å². The molecule has 2 aliphatic carbocycles. The summed E-state index contributed by atoms with van der Waals surface area (Å²) in [6.07, 6.45) is 2.03. The molecule has 3 N–H and O–H groups in total. The molecule has 1 heterocycles. The molecule has 5 atom stereocenters. The number of carboxylic acid groups (broad SMARTS) is 1. The Bertz CT molecular complexity index is 555. The normalized spacial score (nSPS) is 38.0. The molecule has 0 bridgehead atoms. The third-order valence-electron chi connectivity index (χ3n) is 4.36. The minimum atomic E-state index is -1.36. The van der Waals surface area contributed by atoms with Crippen LogP contribution in [0.15, 0.2) is 9.98 Å². The largest absolute Gasteiger partial charge is 0.480 e. The summed E-state index contributed by atoms with van der Waals surface area (Å²) in [5.41, 5.74) is 4.72. The fourth-order valence-electron chi connectivity index (χ4n) is 3.44. The second kappa shape index (κ2) is 6.17. The van der Waals surface area contributed by atoms with Crippen LogP contribution in [0.25, 0.3) is 0 Å². The Hall–Kier alpha value is -1.12. The number of nitrogens with two attached hydrogens (primary N) is 1. The quantitative estimate of drug-likeness (QED) is 0.718. The Kier molecular flexibility index (Phi) is 4.84. The highest BCUT2D eigenvalue weighted by Crippen LogP contribution is 2.65. The number of hydrogen-bond acceptors (Lipinski definition) is 7. The number of fused-ring (bicyclic) bond motifs is 1. The van der Waals surface area contributed by atoms with Gasteiger partial charge in [0.2, 0.25) is 0 Å². The average molecular weight is 348 g/mol. The van der Waals surface area contributed by atoms with Crippen molar-refractivity contribution >= 4 is 47.5 Å². The molecule has 1 aliphatic heterocycles. The van der Waals surface area contributed by atoms with Gasteiger partial charge in [-0.15, -0.1) is 12.4 Å². The highest BCUT2D eigenvalue weighted by atomic mass is 35.5. The van der Waals surface area contributed by atoms with Crippen LogP contribution >= 0.6 is 24.2 Å². The van der Waals surface area contributed by atoms with Crippen LogP contribution in [0.3, 0.4) is 0 Å². The number of hydrogen-bond donors (Lipinski definition) is 2. The van der Waals surface area contributed by atoms with E-state index in [0.717, 1.165) is 0 Å². The molecule has 0 unspecified atom stereocenters. The number of amidine groups is 1. The predicted octanol–water partition coefficient (Wildman–Crippen LogP) is 0.562. The summed E-state index contributed by atoms with van der Waals surface area (Å²) < 4.78 is 5.04. The number of aliphatic imine (C=N–C) groups is 2. The number of rotatable bonds is 4. The van der Waals surface area contributed by atoms with E-state index in [-0.39, 0.29) is 42.1 Å². The third-order valence-corrected chi connectivity index (χ3v) is 5.59. The van der Waals surface area contributed by atoms with E-state index < -0.39 is 17.4 Å². The van der Waals surface area contributed by atoms with Gasteiger partial charge in [0.1, 0.15) is 5.54 Å². The number of halogens is 1. The summed E-state index contributed by atoms with van der Waals surface area (Å²) in [5, 5.41) is 10.0. The predicted molar refractivity (Wildman–Crippen MR) is 85.7 cm³/mol. The van der Waals surface area contributed by atoms with Gasteiger partial charge in [0, 0.05) is 17.4 Å². The van der Waals surface area contributed by atoms with Crippen LogP contribution in [-0.2, 0) is 14.3 Å². The summed E-state index contributed by atoms with van der Waals surface area (Å²) >= 11 is 1.42. The fourth-order valence-corrected chi connectivity index (χ4v) is 4.85. The lowest BCUT2D eigenvalue weighted by Crippen LogP contribution is -2.50. The molecule has 0 spiro atoms. The van der Waals surface area contributed by atoms with E-state index in [1.54, 1.807) is 13.1 Å². The number of carbonyl (C=O) groups excluding carboxylic acids is 1. The van der Waals surface area contributed by atoms with Gasteiger partial charge < -0.3 is 15.6 Å². The summed E-state index contributed by atoms with van der Waals surface area (Å²) in [4.78, 5) is 31.8. The molecule has 3 aliphatic rings. The molecule has 0 saturated heterocycles. The molecular formula is C13H18ClN3O4S. The molecular weight excluding hydrogens is 330 g/mol. The van der Waals surface area contributed by atoms with E-state index in [1.807, 2.05) is 0 Å². The Balaban J connectivity index is 0.00000176. The molecule has 2 saturated carbocycles. The van der Waals surface area contributed by atoms with Crippen molar-refractivity contribution in [1.82, 2.24) is 0 Å². The van der Waals surface area contributed by atoms with Gasteiger partial charge in [0.15, 0.2) is 5.17 Å². The summed E-state index contributed by atoms with van der Waals surface area (Å²) in [7, 11) is 0. The summed E-state index contributed by atoms with van der Waals surface area (Å²) in [5.74, 6) is -2.22. The molecule has 0 amide bonds. The number of nitrogens with zero attached hydrogens (tertiary/aromatic N) is 2. The van der Waals surface area contributed by atoms with Crippen molar-refractivity contribution in [3.8, 4) is 0 Å². The molecule has 0 radical (unpaired) electrons. The van der Waals surface area contributed by atoms with Gasteiger partial charge in [-0.1, -0.05) is 11.8 Å². The van der Waals surface area contributed by atoms with Crippen molar-refractivity contribution in [2.75, 3.05) is 13.2 Å². The Morgan fingerprint density at radius 2 is 2.32 bits per heavy atom. The molecule has 0 aromatic rings. The van der Waals surface area contributed by atoms with Crippen LogP contribution < -0.4 is 5.73 Å². The Morgan fingerprint density at radius 1 is 1.59 bits per heavy atom. The van der Waals surface area contributed by atoms with Crippen LogP contribution in [0.2, 0.25) is 0 Å². The van der Waals surface area contributed by atoms with E-state index in [4.69, 9.17) is 10.5 Å². The van der Waals surface area contributed by atoms with Crippen LogP contribution in [0, 0.1) is 17.8 Å². The van der Waals surface area contributed by atoms with Crippen LogP contribution in [0.1, 0.15) is 13.3 Å². The number of esters is 1. The van der Waals surface area contributed by atoms with Crippen LogP contribution in [0.4, 0.5) is 0 Å². The Morgan fingerprint density at radius 3 is 2.86 bits per heavy atom. The third kappa shape index (κ3) is 2.63. The summed E-state index contributed by atoms with van der Waals surface area (Å²) in [6, 6.07) is 0. The molecule has 7 nitrogen and oxygen atoms in total. The van der Waals surface area contributed by atoms with Gasteiger partial charge in [-0.2, -0.15) is 0 Å². The molecule has 2 fully saturated rings. The van der Waals surface area contributed by atoms with Crippen molar-refractivity contribution in [2.24, 2.45) is 33.5 Å². The zero-order chi connectivity index (χ0) is 15.2. The number of aliphatic carboxylic acids is 1. The van der Waals surface area contributed by atoms with Crippen molar-refractivity contribution < 1.29 is 19.4 Å². The van der Waals surface area contributed by atoms with Crippen LogP contribution in [0.5, 0.6) is 0 Å². The molecule has 22 heavy (non-hydrogen) atoms. The number of carboxylic acids is 1. The van der Waals surface area contributed by atoms with Gasteiger partial charge in [0.05, 0.1) is 19.1 Å². The molecule has 3 rings (SSSR count). The first-order chi connectivity index (χ1) is 9.99. The highest BCUT2D eigenvalue weighted by Gasteiger charge is 2.74. The van der Waals surface area contributed by atoms with Gasteiger partial charge in [-0.3, -0.25) is 14.6 Å². The maximum Gasteiger partial charge on any atom is 0.324 e. The monoisotopic (exact) mass is 347 g/mol. The van der Waals surface area contributed by atoms with Crippen molar-refractivity contribution in [1.29, 1.82) is 0 Å². The zero-order valence-corrected chi connectivity index (χ0v) is 13.6. The number of thioether (sulfide) groups is 1. The second-order valence-electron chi connectivity index (χ2n) is 5.52. The van der Waals surface area contributed by atoms with Crippen molar-refractivity contribution in [3.05, 3.63) is 0 Å². The zero-order valence-electron chi connectivity index (χ0n) is 12.0. The lowest BCUT2D eigenvalue weighted by Gasteiger charge is -2.24. The molecule has 122 valence electrons. The highest BCUT2D eigenvalue weighted by molar-refractivity contribution is 8.14. The SMILES string of the molecule is CCOC(=O)[C@H]1[C@H]2[C@@H]1[C@](N)(C(=O)O)C[C@@H]2SC1=NCC=N1.Cl. The topological polar surface area (TPSA) is 114 Å². The first-order valence-electron chi connectivity index (χ1n) is 6.91. The van der Waals surface area contributed by atoms with Gasteiger partial charge in [-0.25, -0.2) is 4.99 Å². The Labute approximate surface area is 138 Å². The lowest BCUT2D eigenvalue weighted by atomic mass is 9.91. The first kappa shape index (κ1) is 17.2. The van der Waals surface area contributed by atoms with Gasteiger partial charge in [-0.05, 0) is 19.3 Å². The van der Waals surface area contributed by atoms with E-state index >= 15 is 0 Å². The standard InChI is InChI=1S/C13H17N3O4S.ClH/c1-2-20-10(17)8-7-6(21-12-15-3-4-16-12)5-13(14,9(7)8)11(18)19;/h3,6-9H,2,4-5,14H2,1H3,(H,18,19);1H/t6-,7-,8-,9-,13-;/m0./s1. The fraction of sp³-hybridized carbons (Fsp3) is 0.692. The molecule has 0 aromatic carbocycles. The molecule has 9 heteroatoms. The molecule has 0 aromatic heterocycles. The smallest absolute Gasteiger partial charge is 0.324 e. The van der Waals surface area contributed by atoms with Crippen molar-refractivity contribution in [3.63, 3.8) is 0 Å². The van der Waals surface area contributed by atoms with Crippen LogP contribution in [-0.4, -0.2) is 52.4 Å². The number of ether oxygens (including phenoxy) is 1. The minimum absolute atomic E-state index is 0.